The molecular formula is C5H15NO3S. The lowest BCUT2D eigenvalue weighted by Gasteiger charge is -1.86. The standard InChI is InChI=1S/C4H10O.CH5NO2S/c1-3-5-4-2;1-5(2,3)4/h3-4H2,1-2H3;1H3,(H2,2,3,4). The van der Waals surface area contributed by atoms with Gasteiger partial charge in [0.1, 0.15) is 0 Å². The van der Waals surface area contributed by atoms with Gasteiger partial charge in [-0.2, -0.15) is 0 Å². The van der Waals surface area contributed by atoms with Crippen LogP contribution in [0.1, 0.15) is 13.8 Å². The molecule has 0 bridgehead atoms. The molecule has 0 radical (unpaired) electrons. The topological polar surface area (TPSA) is 69.4 Å². The molecule has 0 unspecified atom stereocenters. The van der Waals surface area contributed by atoms with Gasteiger partial charge >= 0.3 is 0 Å². The molecule has 0 aliphatic rings. The quantitative estimate of drug-likeness (QED) is 0.630. The van der Waals surface area contributed by atoms with Crippen molar-refractivity contribution >= 4 is 10.0 Å². The monoisotopic (exact) mass is 169 g/mol. The third kappa shape index (κ3) is 106. The van der Waals surface area contributed by atoms with E-state index >= 15 is 0 Å². The van der Waals surface area contributed by atoms with Gasteiger partial charge in [-0.05, 0) is 13.8 Å². The van der Waals surface area contributed by atoms with Crippen LogP contribution in [0.4, 0.5) is 0 Å². The Labute approximate surface area is 62.4 Å². The highest BCUT2D eigenvalue weighted by Crippen LogP contribution is 1.64. The van der Waals surface area contributed by atoms with E-state index in [-0.39, 0.29) is 0 Å². The van der Waals surface area contributed by atoms with E-state index in [1.54, 1.807) is 0 Å². The molecule has 0 heterocycles. The zero-order valence-corrected chi connectivity index (χ0v) is 7.44. The Morgan fingerprint density at radius 1 is 1.30 bits per heavy atom. The molecule has 0 saturated carbocycles. The zero-order chi connectivity index (χ0) is 8.62. The maximum atomic E-state index is 9.41. The molecule has 2 N–H and O–H groups in total. The summed E-state index contributed by atoms with van der Waals surface area (Å²) in [5, 5.41) is 4.33. The molecule has 0 aliphatic carbocycles. The van der Waals surface area contributed by atoms with Crippen LogP contribution in [0.2, 0.25) is 0 Å². The summed E-state index contributed by atoms with van der Waals surface area (Å²) in [5.74, 6) is 0. The summed E-state index contributed by atoms with van der Waals surface area (Å²) >= 11 is 0. The predicted octanol–water partition coefficient (Wildman–Crippen LogP) is -0.0525. The lowest BCUT2D eigenvalue weighted by atomic mass is 10.8. The first-order valence-electron chi connectivity index (χ1n) is 2.97. The van der Waals surface area contributed by atoms with Gasteiger partial charge in [0.05, 0.1) is 6.26 Å². The summed E-state index contributed by atoms with van der Waals surface area (Å²) < 4.78 is 23.7. The van der Waals surface area contributed by atoms with Crippen molar-refractivity contribution in [1.82, 2.24) is 0 Å². The Morgan fingerprint density at radius 2 is 1.50 bits per heavy atom. The van der Waals surface area contributed by atoms with Gasteiger partial charge in [0.25, 0.3) is 0 Å². The molecule has 0 saturated heterocycles. The first-order valence-corrected chi connectivity index (χ1v) is 4.92. The second-order valence-electron chi connectivity index (χ2n) is 1.61. The molecule has 0 fully saturated rings. The number of hydrogen-bond donors (Lipinski definition) is 1. The highest BCUT2D eigenvalue weighted by molar-refractivity contribution is 7.88. The average molecular weight is 169 g/mol. The van der Waals surface area contributed by atoms with E-state index in [0.717, 1.165) is 19.5 Å². The average Bonchev–Trinajstić information content (AvgIpc) is 1.63. The Bertz CT molecular complexity index is 131. The first kappa shape index (κ1) is 12.5. The summed E-state index contributed by atoms with van der Waals surface area (Å²) in [6, 6.07) is 0. The highest BCUT2D eigenvalue weighted by atomic mass is 32.2. The SMILES string of the molecule is CCOCC.CS(N)(=O)=O. The highest BCUT2D eigenvalue weighted by Gasteiger charge is 1.78. The number of nitrogens with two attached hydrogens (primary N) is 1. The van der Waals surface area contributed by atoms with Crippen molar-refractivity contribution in [2.24, 2.45) is 5.14 Å². The van der Waals surface area contributed by atoms with E-state index < -0.39 is 10.0 Å². The van der Waals surface area contributed by atoms with Crippen molar-refractivity contribution in [2.75, 3.05) is 19.5 Å². The maximum Gasteiger partial charge on any atom is 0.206 e. The molecule has 0 aromatic rings. The van der Waals surface area contributed by atoms with Crippen LogP contribution in [0.15, 0.2) is 0 Å². The minimum Gasteiger partial charge on any atom is -0.382 e. The Hall–Kier alpha value is -0.130. The number of primary sulfonamides is 1. The summed E-state index contributed by atoms with van der Waals surface area (Å²) in [6.45, 7) is 5.67. The molecule has 0 atom stereocenters. The van der Waals surface area contributed by atoms with E-state index in [2.05, 4.69) is 5.14 Å². The normalized spacial score (nSPS) is 10.0. The van der Waals surface area contributed by atoms with E-state index in [0.29, 0.717) is 0 Å². The van der Waals surface area contributed by atoms with Crippen LogP contribution in [0.25, 0.3) is 0 Å². The number of rotatable bonds is 2. The second-order valence-corrected chi connectivity index (χ2v) is 3.27. The molecule has 0 aliphatic heterocycles. The van der Waals surface area contributed by atoms with Crippen molar-refractivity contribution in [1.29, 1.82) is 0 Å². The number of sulfonamides is 1. The fraction of sp³-hybridized carbons (Fsp3) is 1.00. The summed E-state index contributed by atoms with van der Waals surface area (Å²) in [4.78, 5) is 0. The fourth-order valence-electron chi connectivity index (χ4n) is 0.204. The molecule has 64 valence electrons. The lowest BCUT2D eigenvalue weighted by molar-refractivity contribution is 0.162. The van der Waals surface area contributed by atoms with Crippen molar-refractivity contribution in [3.63, 3.8) is 0 Å². The molecule has 0 rings (SSSR count). The molecule has 0 amide bonds. The second kappa shape index (κ2) is 6.98. The largest absolute Gasteiger partial charge is 0.382 e. The molecule has 10 heavy (non-hydrogen) atoms. The van der Waals surface area contributed by atoms with Gasteiger partial charge in [0.15, 0.2) is 0 Å². The van der Waals surface area contributed by atoms with Crippen molar-refractivity contribution in [3.8, 4) is 0 Å². The Balaban J connectivity index is 0. The summed E-state index contributed by atoms with van der Waals surface area (Å²) in [5.41, 5.74) is 0. The van der Waals surface area contributed by atoms with Crippen LogP contribution < -0.4 is 5.14 Å². The van der Waals surface area contributed by atoms with E-state index in [9.17, 15) is 8.42 Å². The third-order valence-electron chi connectivity index (χ3n) is 0.408. The van der Waals surface area contributed by atoms with Gasteiger partial charge in [-0.3, -0.25) is 0 Å². The van der Waals surface area contributed by atoms with E-state index in [4.69, 9.17) is 4.74 Å². The van der Waals surface area contributed by atoms with Gasteiger partial charge in [-0.15, -0.1) is 0 Å². The van der Waals surface area contributed by atoms with Crippen LogP contribution in [-0.2, 0) is 14.8 Å². The van der Waals surface area contributed by atoms with Gasteiger partial charge in [0, 0.05) is 13.2 Å². The van der Waals surface area contributed by atoms with Crippen LogP contribution in [-0.4, -0.2) is 27.9 Å². The van der Waals surface area contributed by atoms with Gasteiger partial charge in [0.2, 0.25) is 10.0 Å². The maximum absolute atomic E-state index is 9.41. The smallest absolute Gasteiger partial charge is 0.206 e. The molecular weight excluding hydrogens is 154 g/mol. The number of ether oxygens (including phenoxy) is 1. The van der Waals surface area contributed by atoms with Gasteiger partial charge < -0.3 is 4.74 Å². The summed E-state index contributed by atoms with van der Waals surface area (Å²) in [7, 11) is -3.17. The van der Waals surface area contributed by atoms with Crippen LogP contribution in [0.3, 0.4) is 0 Å². The molecule has 0 aromatic heterocycles. The molecule has 0 spiro atoms. The van der Waals surface area contributed by atoms with Crippen molar-refractivity contribution in [3.05, 3.63) is 0 Å². The van der Waals surface area contributed by atoms with E-state index in [1.165, 1.54) is 0 Å². The van der Waals surface area contributed by atoms with Crippen molar-refractivity contribution < 1.29 is 13.2 Å². The fourth-order valence-corrected chi connectivity index (χ4v) is 0.204. The van der Waals surface area contributed by atoms with Gasteiger partial charge in [-0.1, -0.05) is 0 Å². The summed E-state index contributed by atoms with van der Waals surface area (Å²) in [6.07, 6.45) is 0.938. The Morgan fingerprint density at radius 3 is 1.50 bits per heavy atom. The molecule has 4 nitrogen and oxygen atoms in total. The minimum atomic E-state index is -3.17. The Kier molecular flexibility index (Phi) is 8.75. The lowest BCUT2D eigenvalue weighted by Crippen LogP contribution is -2.07. The van der Waals surface area contributed by atoms with Crippen molar-refractivity contribution in [2.45, 2.75) is 13.8 Å². The van der Waals surface area contributed by atoms with Gasteiger partial charge in [-0.25, -0.2) is 13.6 Å². The predicted molar refractivity (Wildman–Crippen MR) is 41.2 cm³/mol. The molecule has 0 aromatic carbocycles. The zero-order valence-electron chi connectivity index (χ0n) is 6.62. The van der Waals surface area contributed by atoms with Crippen LogP contribution >= 0.6 is 0 Å². The third-order valence-corrected chi connectivity index (χ3v) is 0.408. The van der Waals surface area contributed by atoms with Crippen LogP contribution in [0.5, 0.6) is 0 Å². The number of hydrogen-bond acceptors (Lipinski definition) is 3. The van der Waals surface area contributed by atoms with Crippen LogP contribution in [0, 0.1) is 0 Å². The molecule has 5 heteroatoms. The first-order chi connectivity index (χ1) is 4.41. The van der Waals surface area contributed by atoms with E-state index in [1.807, 2.05) is 13.8 Å². The minimum absolute atomic E-state index is 0.844.